The van der Waals surface area contributed by atoms with E-state index in [0.717, 1.165) is 56.2 Å². The smallest absolute Gasteiger partial charge is 0.267 e. The Morgan fingerprint density at radius 3 is 2.39 bits per heavy atom. The summed E-state index contributed by atoms with van der Waals surface area (Å²) in [6, 6.07) is 8.39. The summed E-state index contributed by atoms with van der Waals surface area (Å²) < 4.78 is 45.9. The van der Waals surface area contributed by atoms with Crippen LogP contribution in [-0.2, 0) is 10.0 Å². The molecule has 1 saturated carbocycles. The van der Waals surface area contributed by atoms with Crippen LogP contribution in [0.15, 0.2) is 30.3 Å². The third-order valence-corrected chi connectivity index (χ3v) is 8.01. The number of benzene rings is 2. The molecule has 0 aromatic heterocycles. The monoisotopic (exact) mass is 556 g/mol. The maximum atomic E-state index is 14.9. The highest BCUT2D eigenvalue weighted by atomic mass is 35.5. The van der Waals surface area contributed by atoms with E-state index in [9.17, 15) is 17.6 Å². The van der Waals surface area contributed by atoms with E-state index >= 15 is 0 Å². The molecule has 1 amide bonds. The van der Waals surface area contributed by atoms with E-state index in [0.29, 0.717) is 15.8 Å². The summed E-state index contributed by atoms with van der Waals surface area (Å²) in [4.78, 5) is 14.7. The van der Waals surface area contributed by atoms with Crippen molar-refractivity contribution in [3.05, 3.63) is 62.9 Å². The highest BCUT2D eigenvalue weighted by Crippen LogP contribution is 2.46. The number of hydrogen-bond acceptors (Lipinski definition) is 5. The van der Waals surface area contributed by atoms with Crippen molar-refractivity contribution in [3.8, 4) is 5.75 Å². The Morgan fingerprint density at radius 1 is 1.11 bits per heavy atom. The van der Waals surface area contributed by atoms with Crippen LogP contribution in [0.25, 0.3) is 0 Å². The molecular formula is C26H31Cl2FN2O4S. The van der Waals surface area contributed by atoms with Crippen LogP contribution in [0.5, 0.6) is 5.75 Å². The number of nitrogens with one attached hydrogen (secondary N) is 1. The lowest BCUT2D eigenvalue weighted by Gasteiger charge is -2.39. The lowest BCUT2D eigenvalue weighted by atomic mass is 9.91. The molecule has 3 atom stereocenters. The second kappa shape index (κ2) is 10.9. The SMILES string of the molecule is CC(Oc1cc(F)c(C(=O)NS(C)(=O)=O)cc1C1CC1)C1CCCN([C@H](C)c2cc(Cl)cc(Cl)c2)C1. The van der Waals surface area contributed by atoms with Gasteiger partial charge in [-0.2, -0.15) is 0 Å². The van der Waals surface area contributed by atoms with E-state index in [1.54, 1.807) is 6.07 Å². The first-order valence-corrected chi connectivity index (χ1v) is 14.8. The normalized spacial score (nSPS) is 20.6. The van der Waals surface area contributed by atoms with Crippen LogP contribution in [-0.4, -0.2) is 44.7 Å². The third kappa shape index (κ3) is 6.71. The summed E-state index contributed by atoms with van der Waals surface area (Å²) in [5.41, 5.74) is 1.51. The molecule has 2 aromatic carbocycles. The van der Waals surface area contributed by atoms with Crippen LogP contribution in [0, 0.1) is 11.7 Å². The summed E-state index contributed by atoms with van der Waals surface area (Å²) in [5.74, 6) is -0.966. The van der Waals surface area contributed by atoms with Gasteiger partial charge in [-0.3, -0.25) is 9.69 Å². The molecule has 2 fully saturated rings. The Hall–Kier alpha value is -1.87. The molecule has 196 valence electrons. The zero-order valence-corrected chi connectivity index (χ0v) is 22.9. The van der Waals surface area contributed by atoms with Crippen LogP contribution < -0.4 is 9.46 Å². The molecule has 1 aliphatic carbocycles. The zero-order valence-electron chi connectivity index (χ0n) is 20.6. The van der Waals surface area contributed by atoms with E-state index in [-0.39, 0.29) is 29.5 Å². The highest BCUT2D eigenvalue weighted by Gasteiger charge is 2.33. The molecule has 1 saturated heterocycles. The Kier molecular flexibility index (Phi) is 8.19. The minimum atomic E-state index is -3.80. The fraction of sp³-hybridized carbons (Fsp3) is 0.500. The fourth-order valence-corrected chi connectivity index (χ4v) is 5.87. The summed E-state index contributed by atoms with van der Waals surface area (Å²) in [5, 5.41) is 1.22. The number of likely N-dealkylation sites (tertiary alicyclic amines) is 1. The summed E-state index contributed by atoms with van der Waals surface area (Å²) in [7, 11) is -3.80. The van der Waals surface area contributed by atoms with Crippen LogP contribution in [0.4, 0.5) is 4.39 Å². The van der Waals surface area contributed by atoms with Crippen molar-refractivity contribution in [1.82, 2.24) is 9.62 Å². The Labute approximate surface area is 222 Å². The minimum Gasteiger partial charge on any atom is -0.490 e. The molecule has 1 N–H and O–H groups in total. The molecule has 0 bridgehead atoms. The molecule has 4 rings (SSSR count). The molecule has 6 nitrogen and oxygen atoms in total. The molecule has 2 unspecified atom stereocenters. The summed E-state index contributed by atoms with van der Waals surface area (Å²) in [6.07, 6.45) is 4.50. The first-order chi connectivity index (χ1) is 16.9. The Bertz CT molecular complexity index is 1230. The van der Waals surface area contributed by atoms with Crippen molar-refractivity contribution in [1.29, 1.82) is 0 Å². The van der Waals surface area contributed by atoms with Crippen molar-refractivity contribution in [3.63, 3.8) is 0 Å². The van der Waals surface area contributed by atoms with Crippen molar-refractivity contribution in [2.24, 2.45) is 5.92 Å². The average molecular weight is 558 g/mol. The first kappa shape index (κ1) is 27.2. The molecule has 2 aromatic rings. The number of sulfonamides is 1. The molecule has 36 heavy (non-hydrogen) atoms. The van der Waals surface area contributed by atoms with Gasteiger partial charge in [-0.15, -0.1) is 0 Å². The number of piperidine rings is 1. The number of halogens is 3. The number of carbonyl (C=O) groups excluding carboxylic acids is 1. The van der Waals surface area contributed by atoms with Gasteiger partial charge in [-0.25, -0.2) is 17.5 Å². The molecule has 2 aliphatic rings. The fourth-order valence-electron chi connectivity index (χ4n) is 4.88. The summed E-state index contributed by atoms with van der Waals surface area (Å²) >= 11 is 12.4. The van der Waals surface area contributed by atoms with Gasteiger partial charge in [0, 0.05) is 34.6 Å². The maximum absolute atomic E-state index is 14.9. The lowest BCUT2D eigenvalue weighted by Crippen LogP contribution is -2.42. The van der Waals surface area contributed by atoms with Crippen molar-refractivity contribution in [2.75, 3.05) is 19.3 Å². The van der Waals surface area contributed by atoms with E-state index in [1.165, 1.54) is 12.1 Å². The van der Waals surface area contributed by atoms with Gasteiger partial charge in [-0.05, 0) is 87.4 Å². The van der Waals surface area contributed by atoms with Crippen molar-refractivity contribution in [2.45, 2.75) is 57.6 Å². The predicted octanol–water partition coefficient (Wildman–Crippen LogP) is 5.94. The summed E-state index contributed by atoms with van der Waals surface area (Å²) in [6.45, 7) is 5.88. The predicted molar refractivity (Wildman–Crippen MR) is 140 cm³/mol. The quantitative estimate of drug-likeness (QED) is 0.435. The van der Waals surface area contributed by atoms with Crippen LogP contribution >= 0.6 is 23.2 Å². The van der Waals surface area contributed by atoms with Gasteiger partial charge in [0.2, 0.25) is 10.0 Å². The highest BCUT2D eigenvalue weighted by molar-refractivity contribution is 7.89. The average Bonchev–Trinajstić information content (AvgIpc) is 3.62. The van der Waals surface area contributed by atoms with Gasteiger partial charge in [-0.1, -0.05) is 23.2 Å². The number of carbonyl (C=O) groups is 1. The van der Waals surface area contributed by atoms with Gasteiger partial charge in [0.15, 0.2) is 0 Å². The van der Waals surface area contributed by atoms with Crippen LogP contribution in [0.3, 0.4) is 0 Å². The van der Waals surface area contributed by atoms with Crippen LogP contribution in [0.1, 0.15) is 73.0 Å². The van der Waals surface area contributed by atoms with Gasteiger partial charge in [0.05, 0.1) is 17.9 Å². The lowest BCUT2D eigenvalue weighted by molar-refractivity contribution is 0.0593. The number of hydrogen-bond donors (Lipinski definition) is 1. The van der Waals surface area contributed by atoms with Gasteiger partial charge >= 0.3 is 0 Å². The van der Waals surface area contributed by atoms with Gasteiger partial charge in [0.1, 0.15) is 11.6 Å². The standard InChI is InChI=1S/C26H31Cl2FN2O4S/c1-15(19-9-20(27)11-21(28)10-19)31-8-4-5-18(14-31)16(2)35-25-13-24(29)23(12-22(25)17-6-7-17)26(32)30-36(3,33)34/h9-13,15-18H,4-8,14H2,1-3H3,(H,30,32)/t15-,16?,18?/m1/s1. The number of amides is 1. The number of rotatable bonds is 8. The largest absolute Gasteiger partial charge is 0.490 e. The van der Waals surface area contributed by atoms with Crippen molar-refractivity contribution < 1.29 is 22.3 Å². The van der Waals surface area contributed by atoms with E-state index < -0.39 is 21.7 Å². The van der Waals surface area contributed by atoms with E-state index in [2.05, 4.69) is 11.8 Å². The zero-order chi connectivity index (χ0) is 26.2. The second-order valence-electron chi connectivity index (χ2n) is 9.95. The number of nitrogens with zero attached hydrogens (tertiary/aromatic N) is 1. The Morgan fingerprint density at radius 2 is 1.78 bits per heavy atom. The van der Waals surface area contributed by atoms with Gasteiger partial charge < -0.3 is 4.74 Å². The molecule has 0 spiro atoms. The minimum absolute atomic E-state index is 0.128. The Balaban J connectivity index is 1.50. The molecule has 10 heteroatoms. The van der Waals surface area contributed by atoms with Crippen LogP contribution in [0.2, 0.25) is 10.0 Å². The number of ether oxygens (including phenoxy) is 1. The molecular weight excluding hydrogens is 526 g/mol. The van der Waals surface area contributed by atoms with Gasteiger partial charge in [0.25, 0.3) is 5.91 Å². The maximum Gasteiger partial charge on any atom is 0.267 e. The molecule has 1 aliphatic heterocycles. The van der Waals surface area contributed by atoms with Crippen molar-refractivity contribution >= 4 is 39.1 Å². The first-order valence-electron chi connectivity index (χ1n) is 12.1. The molecule has 0 radical (unpaired) electrons. The second-order valence-corrected chi connectivity index (χ2v) is 12.6. The van der Waals surface area contributed by atoms with E-state index in [1.807, 2.05) is 23.8 Å². The molecule has 1 heterocycles. The topological polar surface area (TPSA) is 75.7 Å². The van der Waals surface area contributed by atoms with E-state index in [4.69, 9.17) is 27.9 Å². The third-order valence-electron chi connectivity index (χ3n) is 7.02.